The second-order valence-electron chi connectivity index (χ2n) is 3.63. The van der Waals surface area contributed by atoms with Crippen molar-refractivity contribution in [2.45, 2.75) is 19.5 Å². The number of alkyl halides is 3. The maximum Gasteiger partial charge on any atom is 0.416 e. The van der Waals surface area contributed by atoms with Gasteiger partial charge in [0.2, 0.25) is 0 Å². The summed E-state index contributed by atoms with van der Waals surface area (Å²) in [6.07, 6.45) is -3.08. The molecule has 0 amide bonds. The summed E-state index contributed by atoms with van der Waals surface area (Å²) in [4.78, 5) is 0. The second-order valence-corrected chi connectivity index (χ2v) is 3.63. The van der Waals surface area contributed by atoms with Crippen LogP contribution in [0, 0.1) is 6.92 Å². The molecule has 15 heavy (non-hydrogen) atoms. The number of allylic oxidation sites excluding steroid dienone is 2. The molecular weight excluding hydrogens is 205 g/mol. The van der Waals surface area contributed by atoms with E-state index in [1.165, 1.54) is 12.1 Å². The summed E-state index contributed by atoms with van der Waals surface area (Å²) >= 11 is 0. The molecule has 0 heterocycles. The molecule has 4 heteroatoms. The fourth-order valence-corrected chi connectivity index (χ4v) is 1.83. The summed E-state index contributed by atoms with van der Waals surface area (Å²) in [6.45, 7) is 1.66. The number of halogens is 3. The van der Waals surface area contributed by atoms with Gasteiger partial charge in [0.25, 0.3) is 0 Å². The van der Waals surface area contributed by atoms with Gasteiger partial charge in [0.1, 0.15) is 5.75 Å². The molecule has 0 radical (unpaired) electrons. The van der Waals surface area contributed by atoms with Crippen molar-refractivity contribution >= 4 is 5.57 Å². The Hall–Kier alpha value is -1.45. The van der Waals surface area contributed by atoms with E-state index in [0.29, 0.717) is 11.1 Å². The van der Waals surface area contributed by atoms with Crippen LogP contribution in [0.4, 0.5) is 13.2 Å². The third kappa shape index (κ3) is 1.60. The van der Waals surface area contributed by atoms with Gasteiger partial charge in [-0.3, -0.25) is 0 Å². The minimum Gasteiger partial charge on any atom is -0.508 e. The van der Waals surface area contributed by atoms with Gasteiger partial charge in [0.05, 0.1) is 5.57 Å². The van der Waals surface area contributed by atoms with Crippen LogP contribution in [0.15, 0.2) is 18.2 Å². The van der Waals surface area contributed by atoms with Crippen LogP contribution in [0.25, 0.3) is 5.57 Å². The Morgan fingerprint density at radius 1 is 1.27 bits per heavy atom. The number of hydrogen-bond donors (Lipinski definition) is 1. The zero-order valence-corrected chi connectivity index (χ0v) is 8.02. The van der Waals surface area contributed by atoms with Crippen LogP contribution in [0.1, 0.15) is 16.7 Å². The molecule has 0 aliphatic heterocycles. The first-order chi connectivity index (χ1) is 6.89. The number of phenolic OH excluding ortho intramolecular Hbond substituents is 1. The van der Waals surface area contributed by atoms with Gasteiger partial charge in [-0.2, -0.15) is 13.2 Å². The van der Waals surface area contributed by atoms with Gasteiger partial charge in [-0.05, 0) is 30.5 Å². The quantitative estimate of drug-likeness (QED) is 0.703. The lowest BCUT2D eigenvalue weighted by Gasteiger charge is -2.11. The Balaban J connectivity index is 2.58. The van der Waals surface area contributed by atoms with Crippen LogP contribution >= 0.6 is 0 Å². The van der Waals surface area contributed by atoms with Crippen LogP contribution in [-0.2, 0) is 6.42 Å². The van der Waals surface area contributed by atoms with E-state index in [4.69, 9.17) is 0 Å². The number of rotatable bonds is 0. The summed E-state index contributed by atoms with van der Waals surface area (Å²) in [5.74, 6) is -0.0551. The minimum atomic E-state index is -4.34. The Morgan fingerprint density at radius 3 is 2.53 bits per heavy atom. The molecule has 80 valence electrons. The van der Waals surface area contributed by atoms with Crippen molar-refractivity contribution in [1.29, 1.82) is 0 Å². The highest BCUT2D eigenvalue weighted by Crippen LogP contribution is 2.42. The van der Waals surface area contributed by atoms with Crippen molar-refractivity contribution in [3.05, 3.63) is 34.9 Å². The van der Waals surface area contributed by atoms with E-state index in [1.807, 2.05) is 0 Å². The smallest absolute Gasteiger partial charge is 0.416 e. The number of aromatic hydroxyl groups is 1. The molecule has 0 unspecified atom stereocenters. The maximum atomic E-state index is 12.6. The zero-order valence-electron chi connectivity index (χ0n) is 8.02. The van der Waals surface area contributed by atoms with Gasteiger partial charge in [-0.1, -0.05) is 12.1 Å². The second kappa shape index (κ2) is 3.02. The fourth-order valence-electron chi connectivity index (χ4n) is 1.83. The van der Waals surface area contributed by atoms with Crippen molar-refractivity contribution in [2.24, 2.45) is 0 Å². The lowest BCUT2D eigenvalue weighted by molar-refractivity contribution is -0.0687. The molecule has 1 aliphatic carbocycles. The first-order valence-electron chi connectivity index (χ1n) is 4.50. The molecule has 0 bridgehead atoms. The lowest BCUT2D eigenvalue weighted by Crippen LogP contribution is -2.09. The van der Waals surface area contributed by atoms with Crippen molar-refractivity contribution in [1.82, 2.24) is 0 Å². The van der Waals surface area contributed by atoms with E-state index in [1.54, 1.807) is 6.92 Å². The van der Waals surface area contributed by atoms with Crippen LogP contribution in [-0.4, -0.2) is 11.3 Å². The van der Waals surface area contributed by atoms with Gasteiger partial charge in [0, 0.05) is 5.56 Å². The van der Waals surface area contributed by atoms with Crippen molar-refractivity contribution in [3.8, 4) is 5.75 Å². The van der Waals surface area contributed by atoms with Gasteiger partial charge in [-0.25, -0.2) is 0 Å². The van der Waals surface area contributed by atoms with E-state index < -0.39 is 11.7 Å². The van der Waals surface area contributed by atoms with Crippen LogP contribution < -0.4 is 0 Å². The molecule has 1 N–H and O–H groups in total. The zero-order chi connectivity index (χ0) is 11.2. The van der Waals surface area contributed by atoms with Gasteiger partial charge >= 0.3 is 6.18 Å². The SMILES string of the molecule is Cc1cc(O)c2c(c1)C(C(F)(F)F)=CC2. The highest BCUT2D eigenvalue weighted by molar-refractivity contribution is 5.78. The Morgan fingerprint density at radius 2 is 1.93 bits per heavy atom. The summed E-state index contributed by atoms with van der Waals surface area (Å²) < 4.78 is 37.7. The summed E-state index contributed by atoms with van der Waals surface area (Å²) in [6, 6.07) is 2.94. The molecule has 1 aromatic carbocycles. The molecule has 0 aromatic heterocycles. The van der Waals surface area contributed by atoms with Crippen LogP contribution in [0.2, 0.25) is 0 Å². The molecular formula is C11H9F3O. The van der Waals surface area contributed by atoms with Crippen LogP contribution in [0.3, 0.4) is 0 Å². The maximum absolute atomic E-state index is 12.6. The highest BCUT2D eigenvalue weighted by atomic mass is 19.4. The average Bonchev–Trinajstić information content (AvgIpc) is 2.45. The van der Waals surface area contributed by atoms with E-state index in [0.717, 1.165) is 6.08 Å². The topological polar surface area (TPSA) is 20.2 Å². The first kappa shape index (κ1) is 10.1. The van der Waals surface area contributed by atoms with E-state index in [-0.39, 0.29) is 17.7 Å². The molecule has 1 aromatic rings. The molecule has 0 saturated carbocycles. The van der Waals surface area contributed by atoms with Crippen molar-refractivity contribution in [3.63, 3.8) is 0 Å². The number of fused-ring (bicyclic) bond motifs is 1. The summed E-state index contributed by atoms with van der Waals surface area (Å²) in [5, 5.41) is 9.50. The van der Waals surface area contributed by atoms with Crippen molar-refractivity contribution in [2.75, 3.05) is 0 Å². The third-order valence-electron chi connectivity index (χ3n) is 2.48. The molecule has 1 nitrogen and oxygen atoms in total. The predicted octanol–water partition coefficient (Wildman–Crippen LogP) is 3.20. The fraction of sp³-hybridized carbons (Fsp3) is 0.273. The van der Waals surface area contributed by atoms with Gasteiger partial charge in [-0.15, -0.1) is 0 Å². The van der Waals surface area contributed by atoms with E-state index in [9.17, 15) is 18.3 Å². The molecule has 0 atom stereocenters. The monoisotopic (exact) mass is 214 g/mol. The molecule has 0 spiro atoms. The average molecular weight is 214 g/mol. The number of aryl methyl sites for hydroxylation is 1. The number of hydrogen-bond acceptors (Lipinski definition) is 1. The Bertz CT molecular complexity index is 444. The largest absolute Gasteiger partial charge is 0.508 e. The summed E-state index contributed by atoms with van der Waals surface area (Å²) in [7, 11) is 0. The standard InChI is InChI=1S/C11H9F3O/c1-6-4-8-7(10(15)5-6)2-3-9(8)11(12,13)14/h3-5,15H,2H2,1H3. The molecule has 2 rings (SSSR count). The normalized spacial score (nSPS) is 15.1. The number of benzene rings is 1. The minimum absolute atomic E-state index is 0.0551. The van der Waals surface area contributed by atoms with Crippen LogP contribution in [0.5, 0.6) is 5.75 Å². The molecule has 0 fully saturated rings. The lowest BCUT2D eigenvalue weighted by atomic mass is 10.0. The Labute approximate surface area is 84.9 Å². The first-order valence-corrected chi connectivity index (χ1v) is 4.50. The van der Waals surface area contributed by atoms with Gasteiger partial charge < -0.3 is 5.11 Å². The highest BCUT2D eigenvalue weighted by Gasteiger charge is 2.38. The number of phenols is 1. The molecule has 1 aliphatic rings. The van der Waals surface area contributed by atoms with E-state index >= 15 is 0 Å². The molecule has 0 saturated heterocycles. The van der Waals surface area contributed by atoms with Crippen molar-refractivity contribution < 1.29 is 18.3 Å². The van der Waals surface area contributed by atoms with E-state index in [2.05, 4.69) is 0 Å². The Kier molecular flexibility index (Phi) is 2.03. The van der Waals surface area contributed by atoms with Gasteiger partial charge in [0.15, 0.2) is 0 Å². The predicted molar refractivity (Wildman–Crippen MR) is 50.6 cm³/mol. The summed E-state index contributed by atoms with van der Waals surface area (Å²) in [5.41, 5.74) is 0.465. The third-order valence-corrected chi connectivity index (χ3v) is 2.48.